The molecular weight excluding hydrogens is 174 g/mol. The average Bonchev–Trinajstić information content (AvgIpc) is 2.14. The quantitative estimate of drug-likeness (QED) is 0.751. The van der Waals surface area contributed by atoms with Crippen LogP contribution in [0.3, 0.4) is 0 Å². The fourth-order valence-electron chi connectivity index (χ4n) is 2.23. The highest BCUT2D eigenvalue weighted by Gasteiger charge is 2.22. The second-order valence-electron chi connectivity index (χ2n) is 5.16. The lowest BCUT2D eigenvalue weighted by molar-refractivity contribution is 0.0436. The Morgan fingerprint density at radius 2 is 2.07 bits per heavy atom. The minimum Gasteiger partial charge on any atom is -0.390 e. The van der Waals surface area contributed by atoms with Crippen molar-refractivity contribution in [2.75, 3.05) is 13.1 Å². The molecule has 0 radical (unpaired) electrons. The smallest absolute Gasteiger partial charge is 0.0603 e. The van der Waals surface area contributed by atoms with Gasteiger partial charge in [0.25, 0.3) is 0 Å². The zero-order valence-corrected chi connectivity index (χ0v) is 9.92. The Morgan fingerprint density at radius 3 is 2.64 bits per heavy atom. The Bertz CT molecular complexity index is 162. The van der Waals surface area contributed by atoms with Crippen molar-refractivity contribution in [3.8, 4) is 0 Å². The van der Waals surface area contributed by atoms with Gasteiger partial charge in [-0.3, -0.25) is 0 Å². The summed E-state index contributed by atoms with van der Waals surface area (Å²) < 4.78 is 0. The standard InChI is InChI=1S/C12H25NO/c1-4-11-7-5-6-9-13(11)10-8-12(2,3)14/h11,14H,4-10H2,1-3H3. The van der Waals surface area contributed by atoms with Gasteiger partial charge in [0.1, 0.15) is 0 Å². The maximum absolute atomic E-state index is 9.68. The Balaban J connectivity index is 2.33. The van der Waals surface area contributed by atoms with E-state index in [9.17, 15) is 5.11 Å². The second-order valence-corrected chi connectivity index (χ2v) is 5.16. The van der Waals surface area contributed by atoms with E-state index in [1.807, 2.05) is 13.8 Å². The van der Waals surface area contributed by atoms with Crippen molar-refractivity contribution in [2.45, 2.75) is 64.5 Å². The number of hydrogen-bond donors (Lipinski definition) is 1. The minimum atomic E-state index is -0.504. The van der Waals surface area contributed by atoms with Crippen LogP contribution >= 0.6 is 0 Å². The molecular formula is C12H25NO. The zero-order valence-electron chi connectivity index (χ0n) is 9.92. The SMILES string of the molecule is CCC1CCCCN1CCC(C)(C)O. The molecule has 0 saturated carbocycles. The Labute approximate surface area is 88.3 Å². The van der Waals surface area contributed by atoms with Gasteiger partial charge in [-0.2, -0.15) is 0 Å². The van der Waals surface area contributed by atoms with Crippen LogP contribution in [0.2, 0.25) is 0 Å². The average molecular weight is 199 g/mol. The third kappa shape index (κ3) is 3.97. The molecule has 0 bridgehead atoms. The largest absolute Gasteiger partial charge is 0.390 e. The number of likely N-dealkylation sites (tertiary alicyclic amines) is 1. The van der Waals surface area contributed by atoms with E-state index < -0.39 is 5.60 Å². The molecule has 1 saturated heterocycles. The molecule has 1 atom stereocenters. The summed E-state index contributed by atoms with van der Waals surface area (Å²) >= 11 is 0. The number of aliphatic hydroxyl groups is 1. The van der Waals surface area contributed by atoms with Crippen molar-refractivity contribution in [3.63, 3.8) is 0 Å². The van der Waals surface area contributed by atoms with Gasteiger partial charge in [-0.15, -0.1) is 0 Å². The van der Waals surface area contributed by atoms with Crippen LogP contribution in [0.4, 0.5) is 0 Å². The van der Waals surface area contributed by atoms with Gasteiger partial charge >= 0.3 is 0 Å². The molecule has 1 N–H and O–H groups in total. The van der Waals surface area contributed by atoms with Crippen molar-refractivity contribution in [1.29, 1.82) is 0 Å². The molecule has 1 aliphatic heterocycles. The van der Waals surface area contributed by atoms with Crippen LogP contribution in [0.5, 0.6) is 0 Å². The Hall–Kier alpha value is -0.0800. The van der Waals surface area contributed by atoms with Crippen molar-refractivity contribution in [1.82, 2.24) is 4.90 Å². The van der Waals surface area contributed by atoms with Gasteiger partial charge in [0.2, 0.25) is 0 Å². The maximum Gasteiger partial charge on any atom is 0.0603 e. The first-order valence-corrected chi connectivity index (χ1v) is 5.99. The highest BCUT2D eigenvalue weighted by Crippen LogP contribution is 2.21. The van der Waals surface area contributed by atoms with E-state index in [0.29, 0.717) is 0 Å². The fraction of sp³-hybridized carbons (Fsp3) is 1.00. The molecule has 0 aromatic heterocycles. The summed E-state index contributed by atoms with van der Waals surface area (Å²) in [6.45, 7) is 8.36. The van der Waals surface area contributed by atoms with Gasteiger partial charge in [0.05, 0.1) is 5.60 Å². The van der Waals surface area contributed by atoms with E-state index in [2.05, 4.69) is 11.8 Å². The van der Waals surface area contributed by atoms with Crippen molar-refractivity contribution >= 4 is 0 Å². The normalized spacial score (nSPS) is 25.3. The topological polar surface area (TPSA) is 23.5 Å². The van der Waals surface area contributed by atoms with Crippen LogP contribution in [0.1, 0.15) is 52.9 Å². The summed E-state index contributed by atoms with van der Waals surface area (Å²) in [4.78, 5) is 2.56. The lowest BCUT2D eigenvalue weighted by atomic mass is 9.98. The van der Waals surface area contributed by atoms with Crippen LogP contribution in [-0.4, -0.2) is 34.7 Å². The lowest BCUT2D eigenvalue weighted by Gasteiger charge is -2.36. The molecule has 1 heterocycles. The van der Waals surface area contributed by atoms with Gasteiger partial charge in [-0.05, 0) is 46.1 Å². The summed E-state index contributed by atoms with van der Waals surface area (Å²) in [5.74, 6) is 0. The molecule has 2 nitrogen and oxygen atoms in total. The predicted molar refractivity (Wildman–Crippen MR) is 60.4 cm³/mol. The van der Waals surface area contributed by atoms with E-state index in [-0.39, 0.29) is 0 Å². The van der Waals surface area contributed by atoms with Gasteiger partial charge in [-0.1, -0.05) is 13.3 Å². The van der Waals surface area contributed by atoms with E-state index in [1.165, 1.54) is 32.2 Å². The first kappa shape index (κ1) is 12.0. The highest BCUT2D eigenvalue weighted by molar-refractivity contribution is 4.78. The van der Waals surface area contributed by atoms with Crippen LogP contribution in [0.15, 0.2) is 0 Å². The van der Waals surface area contributed by atoms with Gasteiger partial charge in [-0.25, -0.2) is 0 Å². The monoisotopic (exact) mass is 199 g/mol. The third-order valence-corrected chi connectivity index (χ3v) is 3.23. The molecule has 14 heavy (non-hydrogen) atoms. The zero-order chi connectivity index (χ0) is 10.6. The van der Waals surface area contributed by atoms with Crippen LogP contribution in [0, 0.1) is 0 Å². The lowest BCUT2D eigenvalue weighted by Crippen LogP contribution is -2.41. The maximum atomic E-state index is 9.68. The van der Waals surface area contributed by atoms with Gasteiger partial charge < -0.3 is 10.0 Å². The number of piperidine rings is 1. The van der Waals surface area contributed by atoms with Crippen LogP contribution in [-0.2, 0) is 0 Å². The molecule has 1 rings (SSSR count). The number of nitrogens with zero attached hydrogens (tertiary/aromatic N) is 1. The van der Waals surface area contributed by atoms with Crippen LogP contribution in [0.25, 0.3) is 0 Å². The van der Waals surface area contributed by atoms with Crippen molar-refractivity contribution in [2.24, 2.45) is 0 Å². The summed E-state index contributed by atoms with van der Waals surface area (Å²) in [6, 6.07) is 0.770. The van der Waals surface area contributed by atoms with Crippen molar-refractivity contribution in [3.05, 3.63) is 0 Å². The molecule has 0 aromatic rings. The number of rotatable bonds is 4. The molecule has 2 heteroatoms. The molecule has 84 valence electrons. The predicted octanol–water partition coefficient (Wildman–Crippen LogP) is 2.41. The molecule has 0 spiro atoms. The Morgan fingerprint density at radius 1 is 1.36 bits per heavy atom. The summed E-state index contributed by atoms with van der Waals surface area (Å²) in [5, 5.41) is 9.68. The summed E-state index contributed by atoms with van der Waals surface area (Å²) in [6.07, 6.45) is 6.22. The summed E-state index contributed by atoms with van der Waals surface area (Å²) in [5.41, 5.74) is -0.504. The van der Waals surface area contributed by atoms with E-state index >= 15 is 0 Å². The van der Waals surface area contributed by atoms with E-state index in [0.717, 1.165) is 19.0 Å². The first-order valence-electron chi connectivity index (χ1n) is 5.99. The van der Waals surface area contributed by atoms with E-state index in [1.54, 1.807) is 0 Å². The molecule has 0 aromatic carbocycles. The number of hydrogen-bond acceptors (Lipinski definition) is 2. The molecule has 1 unspecified atom stereocenters. The second kappa shape index (κ2) is 5.13. The highest BCUT2D eigenvalue weighted by atomic mass is 16.3. The van der Waals surface area contributed by atoms with Gasteiger partial charge in [0.15, 0.2) is 0 Å². The molecule has 0 aliphatic carbocycles. The van der Waals surface area contributed by atoms with E-state index in [4.69, 9.17) is 0 Å². The fourth-order valence-corrected chi connectivity index (χ4v) is 2.23. The minimum absolute atomic E-state index is 0.504. The molecule has 0 amide bonds. The Kier molecular flexibility index (Phi) is 4.39. The molecule has 1 aliphatic rings. The first-order chi connectivity index (χ1) is 6.53. The molecule has 1 fully saturated rings. The van der Waals surface area contributed by atoms with Crippen molar-refractivity contribution < 1.29 is 5.11 Å². The summed E-state index contributed by atoms with van der Waals surface area (Å²) in [7, 11) is 0. The van der Waals surface area contributed by atoms with Crippen LogP contribution < -0.4 is 0 Å². The third-order valence-electron chi connectivity index (χ3n) is 3.23. The van der Waals surface area contributed by atoms with Gasteiger partial charge in [0, 0.05) is 12.6 Å².